The molecule has 2 rings (SSSR count). The molecule has 0 bridgehead atoms. The molecule has 0 saturated heterocycles. The van der Waals surface area contributed by atoms with Crippen molar-refractivity contribution in [1.82, 2.24) is 0 Å². The standard InChI is InChI=1S/C10H10O2/c11-7-8-3-1-2-4-9(8)10(12)5-6-10/h1-4,7,12H,5-6H2. The molecule has 1 aliphatic carbocycles. The molecule has 1 N–H and O–H groups in total. The third-order valence-corrected chi connectivity index (χ3v) is 2.31. The molecule has 0 spiro atoms. The van der Waals surface area contributed by atoms with Crippen LogP contribution < -0.4 is 0 Å². The summed E-state index contributed by atoms with van der Waals surface area (Å²) in [5.41, 5.74) is 0.690. The van der Waals surface area contributed by atoms with Gasteiger partial charge in [-0.25, -0.2) is 0 Å². The van der Waals surface area contributed by atoms with E-state index >= 15 is 0 Å². The van der Waals surface area contributed by atoms with Crippen molar-refractivity contribution < 1.29 is 9.90 Å². The number of aliphatic hydroxyl groups is 1. The first-order valence-corrected chi connectivity index (χ1v) is 4.03. The zero-order valence-electron chi connectivity index (χ0n) is 6.66. The predicted molar refractivity (Wildman–Crippen MR) is 45.0 cm³/mol. The fraction of sp³-hybridized carbons (Fsp3) is 0.300. The van der Waals surface area contributed by atoms with Crippen LogP contribution in [0.4, 0.5) is 0 Å². The van der Waals surface area contributed by atoms with Crippen molar-refractivity contribution in [3.05, 3.63) is 35.4 Å². The number of aldehydes is 1. The smallest absolute Gasteiger partial charge is 0.150 e. The van der Waals surface area contributed by atoms with Gasteiger partial charge in [-0.05, 0) is 18.4 Å². The monoisotopic (exact) mass is 162 g/mol. The Hall–Kier alpha value is -1.15. The highest BCUT2D eigenvalue weighted by atomic mass is 16.3. The molecule has 0 unspecified atom stereocenters. The van der Waals surface area contributed by atoms with E-state index in [0.717, 1.165) is 24.7 Å². The lowest BCUT2D eigenvalue weighted by atomic mass is 10.0. The van der Waals surface area contributed by atoms with Crippen LogP contribution in [0.1, 0.15) is 28.8 Å². The Balaban J connectivity index is 2.48. The lowest BCUT2D eigenvalue weighted by Gasteiger charge is -2.09. The molecule has 0 radical (unpaired) electrons. The number of rotatable bonds is 2. The van der Waals surface area contributed by atoms with Crippen molar-refractivity contribution in [2.45, 2.75) is 18.4 Å². The van der Waals surface area contributed by atoms with Crippen molar-refractivity contribution in [2.75, 3.05) is 0 Å². The van der Waals surface area contributed by atoms with Gasteiger partial charge in [-0.15, -0.1) is 0 Å². The fourth-order valence-corrected chi connectivity index (χ4v) is 1.41. The minimum absolute atomic E-state index is 0.609. The van der Waals surface area contributed by atoms with Crippen molar-refractivity contribution in [2.24, 2.45) is 0 Å². The Morgan fingerprint density at radius 3 is 2.58 bits per heavy atom. The predicted octanol–water partition coefficient (Wildman–Crippen LogP) is 1.48. The van der Waals surface area contributed by atoms with Crippen LogP contribution in [-0.2, 0) is 5.60 Å². The quantitative estimate of drug-likeness (QED) is 0.669. The maximum absolute atomic E-state index is 10.6. The highest BCUT2D eigenvalue weighted by molar-refractivity contribution is 5.78. The summed E-state index contributed by atoms with van der Waals surface area (Å²) < 4.78 is 0. The summed E-state index contributed by atoms with van der Waals surface area (Å²) in [5, 5.41) is 9.75. The molecule has 0 heterocycles. The molecule has 2 nitrogen and oxygen atoms in total. The Morgan fingerprint density at radius 2 is 2.00 bits per heavy atom. The highest BCUT2D eigenvalue weighted by Gasteiger charge is 2.43. The van der Waals surface area contributed by atoms with Gasteiger partial charge in [0.15, 0.2) is 0 Å². The molecule has 62 valence electrons. The first kappa shape index (κ1) is 7.50. The van der Waals surface area contributed by atoms with Gasteiger partial charge in [-0.1, -0.05) is 24.3 Å². The average Bonchev–Trinajstić information content (AvgIpc) is 2.85. The van der Waals surface area contributed by atoms with Crippen LogP contribution in [0.5, 0.6) is 0 Å². The zero-order valence-corrected chi connectivity index (χ0v) is 6.66. The van der Waals surface area contributed by atoms with E-state index in [9.17, 15) is 9.90 Å². The first-order valence-electron chi connectivity index (χ1n) is 4.03. The van der Waals surface area contributed by atoms with Crippen LogP contribution >= 0.6 is 0 Å². The van der Waals surface area contributed by atoms with Crippen molar-refractivity contribution in [3.8, 4) is 0 Å². The Bertz CT molecular complexity index is 313. The summed E-state index contributed by atoms with van der Waals surface area (Å²) in [6, 6.07) is 7.20. The van der Waals surface area contributed by atoms with Gasteiger partial charge in [0.05, 0.1) is 5.60 Å². The summed E-state index contributed by atoms with van der Waals surface area (Å²) >= 11 is 0. The SMILES string of the molecule is O=Cc1ccccc1C1(O)CC1. The van der Waals surface area contributed by atoms with Crippen LogP contribution in [0.2, 0.25) is 0 Å². The number of hydrogen-bond acceptors (Lipinski definition) is 2. The Kier molecular flexibility index (Phi) is 1.51. The van der Waals surface area contributed by atoms with Crippen molar-refractivity contribution >= 4 is 6.29 Å². The maximum Gasteiger partial charge on any atom is 0.150 e. The van der Waals surface area contributed by atoms with Gasteiger partial charge in [0.25, 0.3) is 0 Å². The van der Waals surface area contributed by atoms with Gasteiger partial charge >= 0.3 is 0 Å². The van der Waals surface area contributed by atoms with Crippen LogP contribution in [0.15, 0.2) is 24.3 Å². The minimum Gasteiger partial charge on any atom is -0.385 e. The number of carbonyl (C=O) groups excluding carboxylic acids is 1. The van der Waals surface area contributed by atoms with E-state index in [4.69, 9.17) is 0 Å². The molecule has 2 heteroatoms. The average molecular weight is 162 g/mol. The Morgan fingerprint density at radius 1 is 1.33 bits per heavy atom. The van der Waals surface area contributed by atoms with Crippen LogP contribution in [0, 0.1) is 0 Å². The van der Waals surface area contributed by atoms with Crippen molar-refractivity contribution in [1.29, 1.82) is 0 Å². The normalized spacial score (nSPS) is 18.8. The summed E-state index contributed by atoms with van der Waals surface area (Å²) in [7, 11) is 0. The van der Waals surface area contributed by atoms with Gasteiger partial charge in [-0.3, -0.25) is 4.79 Å². The van der Waals surface area contributed by atoms with Gasteiger partial charge in [0.2, 0.25) is 0 Å². The molecule has 1 aliphatic rings. The minimum atomic E-state index is -0.697. The number of hydrogen-bond donors (Lipinski definition) is 1. The van der Waals surface area contributed by atoms with E-state index in [-0.39, 0.29) is 0 Å². The third-order valence-electron chi connectivity index (χ3n) is 2.31. The molecule has 1 saturated carbocycles. The second-order valence-electron chi connectivity index (χ2n) is 3.24. The second kappa shape index (κ2) is 2.42. The number of carbonyl (C=O) groups is 1. The summed E-state index contributed by atoms with van der Waals surface area (Å²) in [5.74, 6) is 0. The van der Waals surface area contributed by atoms with E-state index in [1.165, 1.54) is 0 Å². The lowest BCUT2D eigenvalue weighted by molar-refractivity contribution is 0.110. The van der Waals surface area contributed by atoms with E-state index in [2.05, 4.69) is 0 Å². The van der Waals surface area contributed by atoms with E-state index in [1.54, 1.807) is 12.1 Å². The van der Waals surface area contributed by atoms with E-state index in [0.29, 0.717) is 5.56 Å². The van der Waals surface area contributed by atoms with Gasteiger partial charge in [-0.2, -0.15) is 0 Å². The van der Waals surface area contributed by atoms with E-state index in [1.807, 2.05) is 12.1 Å². The first-order chi connectivity index (χ1) is 5.76. The number of benzene rings is 1. The summed E-state index contributed by atoms with van der Waals surface area (Å²) in [6.07, 6.45) is 2.35. The summed E-state index contributed by atoms with van der Waals surface area (Å²) in [4.78, 5) is 10.6. The van der Waals surface area contributed by atoms with Crippen LogP contribution in [-0.4, -0.2) is 11.4 Å². The molecule has 0 amide bonds. The van der Waals surface area contributed by atoms with Crippen LogP contribution in [0.3, 0.4) is 0 Å². The maximum atomic E-state index is 10.6. The van der Waals surface area contributed by atoms with Gasteiger partial charge in [0.1, 0.15) is 6.29 Å². The molecule has 1 aromatic rings. The van der Waals surface area contributed by atoms with Gasteiger partial charge in [0, 0.05) is 5.56 Å². The molecule has 0 atom stereocenters. The third kappa shape index (κ3) is 1.04. The second-order valence-corrected chi connectivity index (χ2v) is 3.24. The molecular formula is C10H10O2. The molecule has 0 aromatic heterocycles. The lowest BCUT2D eigenvalue weighted by Crippen LogP contribution is -2.07. The molecular weight excluding hydrogens is 152 g/mol. The Labute approximate surface area is 70.8 Å². The fourth-order valence-electron chi connectivity index (χ4n) is 1.41. The molecule has 0 aliphatic heterocycles. The molecule has 1 fully saturated rings. The largest absolute Gasteiger partial charge is 0.385 e. The molecule has 1 aromatic carbocycles. The molecule has 12 heavy (non-hydrogen) atoms. The highest BCUT2D eigenvalue weighted by Crippen LogP contribution is 2.46. The van der Waals surface area contributed by atoms with E-state index < -0.39 is 5.60 Å². The van der Waals surface area contributed by atoms with Crippen LogP contribution in [0.25, 0.3) is 0 Å². The topological polar surface area (TPSA) is 37.3 Å². The summed E-state index contributed by atoms with van der Waals surface area (Å²) in [6.45, 7) is 0. The van der Waals surface area contributed by atoms with Gasteiger partial charge < -0.3 is 5.11 Å². The van der Waals surface area contributed by atoms with Crippen molar-refractivity contribution in [3.63, 3.8) is 0 Å². The zero-order chi connectivity index (χ0) is 8.60.